The van der Waals surface area contributed by atoms with E-state index >= 15 is 0 Å². The third kappa shape index (κ3) is 8.10. The summed E-state index contributed by atoms with van der Waals surface area (Å²) < 4.78 is 11.3. The fraction of sp³-hybridized carbons (Fsp3) is 0.789. The molecule has 0 saturated carbocycles. The molecule has 162 valence electrons. The van der Waals surface area contributed by atoms with E-state index in [9.17, 15) is 0 Å². The number of hydrogen-bond donors (Lipinski definition) is 1. The number of aromatic nitrogens is 1. The molecule has 2 unspecified atom stereocenters. The second-order valence-electron chi connectivity index (χ2n) is 7.49. The van der Waals surface area contributed by atoms with Crippen molar-refractivity contribution in [2.45, 2.75) is 39.5 Å². The number of nitrogens with zero attached hydrogens (tertiary/aromatic N) is 4. The van der Waals surface area contributed by atoms with Gasteiger partial charge in [0.05, 0.1) is 24.9 Å². The first-order chi connectivity index (χ1) is 12.9. The van der Waals surface area contributed by atoms with Gasteiger partial charge in [-0.15, -0.1) is 35.3 Å². The van der Waals surface area contributed by atoms with Crippen LogP contribution in [0.1, 0.15) is 37.6 Å². The topological polar surface area (TPSA) is 62.2 Å². The fourth-order valence-electron chi connectivity index (χ4n) is 3.18. The number of halogens is 1. The van der Waals surface area contributed by atoms with Crippen LogP contribution in [0.4, 0.5) is 0 Å². The Balaban J connectivity index is 0.00000392. The lowest BCUT2D eigenvalue weighted by Crippen LogP contribution is -2.50. The maximum atomic E-state index is 5.92. The van der Waals surface area contributed by atoms with Crippen molar-refractivity contribution < 1.29 is 9.47 Å². The van der Waals surface area contributed by atoms with Crippen LogP contribution < -0.4 is 5.32 Å². The van der Waals surface area contributed by atoms with Gasteiger partial charge < -0.3 is 19.7 Å². The zero-order valence-electron chi connectivity index (χ0n) is 18.0. The molecule has 7 nitrogen and oxygen atoms in total. The van der Waals surface area contributed by atoms with Crippen LogP contribution in [0.5, 0.6) is 0 Å². The van der Waals surface area contributed by atoms with Gasteiger partial charge >= 0.3 is 0 Å². The second-order valence-corrected chi connectivity index (χ2v) is 8.38. The average molecular weight is 526 g/mol. The number of aliphatic imine (C=N–C) groups is 1. The van der Waals surface area contributed by atoms with Crippen molar-refractivity contribution >= 4 is 41.3 Å². The van der Waals surface area contributed by atoms with Gasteiger partial charge in [-0.3, -0.25) is 9.89 Å². The van der Waals surface area contributed by atoms with E-state index in [-0.39, 0.29) is 36.2 Å². The first kappa shape index (κ1) is 25.5. The molecule has 0 aliphatic carbocycles. The first-order valence-corrected chi connectivity index (χ1v) is 10.5. The van der Waals surface area contributed by atoms with Crippen LogP contribution in [0.25, 0.3) is 0 Å². The van der Waals surface area contributed by atoms with E-state index in [1.165, 1.54) is 0 Å². The molecule has 1 N–H and O–H groups in total. The molecule has 0 radical (unpaired) electrons. The maximum Gasteiger partial charge on any atom is 0.193 e. The highest BCUT2D eigenvalue weighted by atomic mass is 127. The van der Waals surface area contributed by atoms with Crippen molar-refractivity contribution in [2.75, 3.05) is 54.0 Å². The van der Waals surface area contributed by atoms with Gasteiger partial charge in [0.15, 0.2) is 5.96 Å². The minimum absolute atomic E-state index is 0. The molecule has 0 spiro atoms. The van der Waals surface area contributed by atoms with Crippen molar-refractivity contribution in [3.63, 3.8) is 0 Å². The van der Waals surface area contributed by atoms with E-state index in [0.29, 0.717) is 12.5 Å². The van der Waals surface area contributed by atoms with Gasteiger partial charge in [0.1, 0.15) is 11.1 Å². The Morgan fingerprint density at radius 2 is 2.25 bits per heavy atom. The van der Waals surface area contributed by atoms with Gasteiger partial charge in [0.25, 0.3) is 0 Å². The van der Waals surface area contributed by atoms with Crippen LogP contribution in [0.2, 0.25) is 0 Å². The molecule has 9 heteroatoms. The maximum absolute atomic E-state index is 5.92. The Morgan fingerprint density at radius 3 is 2.89 bits per heavy atom. The van der Waals surface area contributed by atoms with Crippen molar-refractivity contribution in [1.82, 2.24) is 20.1 Å². The number of guanidine groups is 1. The first-order valence-electron chi connectivity index (χ1n) is 9.65. The summed E-state index contributed by atoms with van der Waals surface area (Å²) in [5.74, 6) is 1.54. The standard InChI is InChI=1S/C19H35N5O2S.HI/c1-14(2)10-24-7-8-26-17(12-24)9-21-19(20-4)23(5)11-16-13-27-18(22-16)15(3)25-6;/h13-15,17H,7-12H2,1-6H3,(H,20,21);1H. The molecule has 1 aliphatic rings. The summed E-state index contributed by atoms with van der Waals surface area (Å²) in [5, 5.41) is 6.54. The summed E-state index contributed by atoms with van der Waals surface area (Å²) in [6.07, 6.45) is 0.222. The SMILES string of the molecule is CN=C(NCC1CN(CC(C)C)CCO1)N(C)Cc1csc(C(C)OC)n1.I. The number of nitrogens with one attached hydrogen (secondary N) is 1. The molecule has 0 aromatic carbocycles. The smallest absolute Gasteiger partial charge is 0.193 e. The Kier molecular flexibility index (Phi) is 11.8. The summed E-state index contributed by atoms with van der Waals surface area (Å²) in [4.78, 5) is 13.6. The molecule has 2 atom stereocenters. The number of hydrogen-bond acceptors (Lipinski definition) is 6. The zero-order valence-corrected chi connectivity index (χ0v) is 21.1. The van der Waals surface area contributed by atoms with E-state index in [1.807, 2.05) is 21.0 Å². The molecule has 1 fully saturated rings. The Morgan fingerprint density at radius 1 is 1.50 bits per heavy atom. The fourth-order valence-corrected chi connectivity index (χ4v) is 4.02. The van der Waals surface area contributed by atoms with Gasteiger partial charge in [-0.25, -0.2) is 4.98 Å². The zero-order chi connectivity index (χ0) is 19.8. The molecule has 2 rings (SSSR count). The van der Waals surface area contributed by atoms with Crippen molar-refractivity contribution in [1.29, 1.82) is 0 Å². The van der Waals surface area contributed by atoms with Crippen molar-refractivity contribution in [3.8, 4) is 0 Å². The largest absolute Gasteiger partial charge is 0.375 e. The van der Waals surface area contributed by atoms with Crippen molar-refractivity contribution in [3.05, 3.63) is 16.1 Å². The van der Waals surface area contributed by atoms with E-state index in [1.54, 1.807) is 18.4 Å². The molecule has 1 aromatic heterocycles. The third-order valence-electron chi connectivity index (χ3n) is 4.58. The Bertz CT molecular complexity index is 599. The predicted octanol–water partition coefficient (Wildman–Crippen LogP) is 2.83. The Hall–Kier alpha value is -0.490. The molecule has 1 aromatic rings. The van der Waals surface area contributed by atoms with Gasteiger partial charge in [-0.2, -0.15) is 0 Å². The number of morpholine rings is 1. The molecule has 28 heavy (non-hydrogen) atoms. The summed E-state index contributed by atoms with van der Waals surface area (Å²) in [6, 6.07) is 0. The monoisotopic (exact) mass is 525 g/mol. The number of thiazole rings is 1. The minimum Gasteiger partial charge on any atom is -0.375 e. The molecule has 0 amide bonds. The van der Waals surface area contributed by atoms with Crippen LogP contribution in [0, 0.1) is 5.92 Å². The lowest BCUT2D eigenvalue weighted by Gasteiger charge is -2.34. The van der Waals surface area contributed by atoms with Gasteiger partial charge in [0, 0.05) is 52.8 Å². The predicted molar refractivity (Wildman–Crippen MR) is 127 cm³/mol. The van der Waals surface area contributed by atoms with Gasteiger partial charge in [0.2, 0.25) is 0 Å². The highest BCUT2D eigenvalue weighted by Gasteiger charge is 2.21. The molecular weight excluding hydrogens is 489 g/mol. The molecule has 1 saturated heterocycles. The number of ether oxygens (including phenoxy) is 2. The number of methoxy groups -OCH3 is 1. The van der Waals surface area contributed by atoms with E-state index in [0.717, 1.165) is 49.4 Å². The number of rotatable bonds is 8. The lowest BCUT2D eigenvalue weighted by molar-refractivity contribution is -0.0286. The second kappa shape index (κ2) is 12.9. The quantitative estimate of drug-likeness (QED) is 0.320. The summed E-state index contributed by atoms with van der Waals surface area (Å²) >= 11 is 1.64. The summed E-state index contributed by atoms with van der Waals surface area (Å²) in [5.41, 5.74) is 1.03. The lowest BCUT2D eigenvalue weighted by atomic mass is 10.2. The van der Waals surface area contributed by atoms with Crippen LogP contribution in [-0.2, 0) is 16.0 Å². The summed E-state index contributed by atoms with van der Waals surface area (Å²) in [7, 11) is 5.55. The molecule has 0 bridgehead atoms. The van der Waals surface area contributed by atoms with E-state index in [2.05, 4.69) is 44.3 Å². The van der Waals surface area contributed by atoms with Gasteiger partial charge in [-0.1, -0.05) is 13.8 Å². The van der Waals surface area contributed by atoms with Crippen LogP contribution >= 0.6 is 35.3 Å². The summed E-state index contributed by atoms with van der Waals surface area (Å²) in [6.45, 7) is 11.9. The van der Waals surface area contributed by atoms with Crippen molar-refractivity contribution in [2.24, 2.45) is 10.9 Å². The average Bonchev–Trinajstić information content (AvgIpc) is 3.09. The Labute approximate surface area is 190 Å². The van der Waals surface area contributed by atoms with E-state index in [4.69, 9.17) is 9.47 Å². The molecule has 2 heterocycles. The highest BCUT2D eigenvalue weighted by molar-refractivity contribution is 14.0. The minimum atomic E-state index is 0. The van der Waals surface area contributed by atoms with Crippen LogP contribution in [-0.4, -0.2) is 80.8 Å². The normalized spacial score (nSPS) is 19.4. The molecule has 1 aliphatic heterocycles. The van der Waals surface area contributed by atoms with Crippen LogP contribution in [0.3, 0.4) is 0 Å². The van der Waals surface area contributed by atoms with Crippen LogP contribution in [0.15, 0.2) is 10.4 Å². The molecular formula is C19H36IN5O2S. The van der Waals surface area contributed by atoms with Gasteiger partial charge in [-0.05, 0) is 12.8 Å². The van der Waals surface area contributed by atoms with E-state index < -0.39 is 0 Å². The third-order valence-corrected chi connectivity index (χ3v) is 5.63. The highest BCUT2D eigenvalue weighted by Crippen LogP contribution is 2.20.